The largest absolute Gasteiger partial charge is 0.409 e. The van der Waals surface area contributed by atoms with Gasteiger partial charge < -0.3 is 15.8 Å². The molecule has 1 aromatic rings. The van der Waals surface area contributed by atoms with E-state index in [1.54, 1.807) is 6.07 Å². The SMILES string of the molecule is CC(CN(C)Cc1cc(F)ccc1Br)C(N)=NO. The fourth-order valence-electron chi connectivity index (χ4n) is 1.68. The van der Waals surface area contributed by atoms with Crippen LogP contribution in [-0.4, -0.2) is 29.5 Å². The highest BCUT2D eigenvalue weighted by atomic mass is 79.9. The zero-order valence-corrected chi connectivity index (χ0v) is 12.0. The Labute approximate surface area is 114 Å². The van der Waals surface area contributed by atoms with Crippen molar-refractivity contribution >= 4 is 21.8 Å². The van der Waals surface area contributed by atoms with Crippen LogP contribution in [0.3, 0.4) is 0 Å². The van der Waals surface area contributed by atoms with Crippen LogP contribution in [0.1, 0.15) is 12.5 Å². The molecule has 0 heterocycles. The molecule has 100 valence electrons. The summed E-state index contributed by atoms with van der Waals surface area (Å²) in [6.07, 6.45) is 0. The van der Waals surface area contributed by atoms with Gasteiger partial charge in [0.15, 0.2) is 0 Å². The smallest absolute Gasteiger partial charge is 0.143 e. The van der Waals surface area contributed by atoms with E-state index in [0.717, 1.165) is 10.0 Å². The van der Waals surface area contributed by atoms with Crippen molar-refractivity contribution in [3.63, 3.8) is 0 Å². The lowest BCUT2D eigenvalue weighted by Gasteiger charge is -2.21. The lowest BCUT2D eigenvalue weighted by atomic mass is 10.1. The van der Waals surface area contributed by atoms with Crippen LogP contribution in [0.4, 0.5) is 4.39 Å². The quantitative estimate of drug-likeness (QED) is 0.379. The van der Waals surface area contributed by atoms with Gasteiger partial charge in [0, 0.05) is 23.5 Å². The molecule has 0 saturated heterocycles. The van der Waals surface area contributed by atoms with Crippen LogP contribution in [0.25, 0.3) is 0 Å². The third kappa shape index (κ3) is 4.27. The molecule has 0 spiro atoms. The van der Waals surface area contributed by atoms with Gasteiger partial charge in [-0.15, -0.1) is 0 Å². The zero-order valence-electron chi connectivity index (χ0n) is 10.4. The van der Waals surface area contributed by atoms with Crippen molar-refractivity contribution < 1.29 is 9.60 Å². The molecule has 0 fully saturated rings. The Morgan fingerprint density at radius 3 is 2.89 bits per heavy atom. The van der Waals surface area contributed by atoms with E-state index >= 15 is 0 Å². The Morgan fingerprint density at radius 2 is 2.28 bits per heavy atom. The van der Waals surface area contributed by atoms with E-state index in [2.05, 4.69) is 21.1 Å². The number of hydrogen-bond donors (Lipinski definition) is 2. The van der Waals surface area contributed by atoms with Gasteiger partial charge in [-0.25, -0.2) is 4.39 Å². The number of rotatable bonds is 5. The van der Waals surface area contributed by atoms with Gasteiger partial charge in [-0.2, -0.15) is 0 Å². The maximum atomic E-state index is 13.1. The first-order chi connectivity index (χ1) is 8.43. The number of amidine groups is 1. The molecule has 0 amide bonds. The average Bonchev–Trinajstić information content (AvgIpc) is 2.32. The molecule has 6 heteroatoms. The van der Waals surface area contributed by atoms with E-state index < -0.39 is 0 Å². The molecule has 4 nitrogen and oxygen atoms in total. The molecule has 1 unspecified atom stereocenters. The Kier molecular flexibility index (Phi) is 5.55. The van der Waals surface area contributed by atoms with Crippen molar-refractivity contribution in [1.29, 1.82) is 0 Å². The third-order valence-corrected chi connectivity index (χ3v) is 3.43. The minimum atomic E-state index is -0.258. The Hall–Kier alpha value is -1.14. The number of hydrogen-bond acceptors (Lipinski definition) is 3. The minimum Gasteiger partial charge on any atom is -0.409 e. The highest BCUT2D eigenvalue weighted by Gasteiger charge is 2.12. The number of nitrogens with two attached hydrogens (primary N) is 1. The summed E-state index contributed by atoms with van der Waals surface area (Å²) in [5.41, 5.74) is 6.38. The maximum Gasteiger partial charge on any atom is 0.143 e. The maximum absolute atomic E-state index is 13.1. The highest BCUT2D eigenvalue weighted by molar-refractivity contribution is 9.10. The molecule has 0 aliphatic carbocycles. The van der Waals surface area contributed by atoms with Crippen LogP contribution in [0.15, 0.2) is 27.8 Å². The van der Waals surface area contributed by atoms with Crippen LogP contribution in [0.5, 0.6) is 0 Å². The minimum absolute atomic E-state index is 0.0627. The van der Waals surface area contributed by atoms with Crippen LogP contribution in [0, 0.1) is 11.7 Å². The molecular formula is C12H17BrFN3O. The molecular weight excluding hydrogens is 301 g/mol. The predicted octanol–water partition coefficient (Wildman–Crippen LogP) is 2.40. The topological polar surface area (TPSA) is 61.8 Å². The van der Waals surface area contributed by atoms with Crippen molar-refractivity contribution in [1.82, 2.24) is 4.90 Å². The van der Waals surface area contributed by atoms with Gasteiger partial charge in [0.25, 0.3) is 0 Å². The van der Waals surface area contributed by atoms with Gasteiger partial charge in [0.05, 0.1) is 0 Å². The zero-order chi connectivity index (χ0) is 13.7. The summed E-state index contributed by atoms with van der Waals surface area (Å²) < 4.78 is 14.0. The van der Waals surface area contributed by atoms with Crippen molar-refractivity contribution in [3.05, 3.63) is 34.1 Å². The Balaban J connectivity index is 2.64. The van der Waals surface area contributed by atoms with Gasteiger partial charge in [-0.3, -0.25) is 0 Å². The molecule has 0 bridgehead atoms. The summed E-state index contributed by atoms with van der Waals surface area (Å²) in [4.78, 5) is 1.99. The lowest BCUT2D eigenvalue weighted by Crippen LogP contribution is -2.32. The van der Waals surface area contributed by atoms with Crippen molar-refractivity contribution in [3.8, 4) is 0 Å². The Morgan fingerprint density at radius 1 is 1.61 bits per heavy atom. The van der Waals surface area contributed by atoms with Gasteiger partial charge >= 0.3 is 0 Å². The fourth-order valence-corrected chi connectivity index (χ4v) is 2.05. The number of halogens is 2. The summed E-state index contributed by atoms with van der Waals surface area (Å²) in [6, 6.07) is 4.59. The van der Waals surface area contributed by atoms with Crippen molar-refractivity contribution in [2.24, 2.45) is 16.8 Å². The lowest BCUT2D eigenvalue weighted by molar-refractivity contribution is 0.290. The molecule has 1 atom stereocenters. The monoisotopic (exact) mass is 317 g/mol. The third-order valence-electron chi connectivity index (χ3n) is 2.65. The molecule has 3 N–H and O–H groups in total. The van der Waals surface area contributed by atoms with Gasteiger partial charge in [-0.1, -0.05) is 28.0 Å². The molecule has 0 saturated carbocycles. The van der Waals surface area contributed by atoms with E-state index in [4.69, 9.17) is 10.9 Å². The molecule has 0 aliphatic heterocycles. The molecule has 0 radical (unpaired) electrons. The van der Waals surface area contributed by atoms with Crippen molar-refractivity contribution in [2.75, 3.05) is 13.6 Å². The molecule has 0 aromatic heterocycles. The Bertz CT molecular complexity index is 439. The van der Waals surface area contributed by atoms with Crippen LogP contribution >= 0.6 is 15.9 Å². The average molecular weight is 318 g/mol. The second kappa shape index (κ2) is 6.70. The van der Waals surface area contributed by atoms with Crippen LogP contribution in [0.2, 0.25) is 0 Å². The predicted molar refractivity (Wildman–Crippen MR) is 73.0 cm³/mol. The van der Waals surface area contributed by atoms with E-state index in [-0.39, 0.29) is 17.6 Å². The molecule has 1 rings (SSSR count). The fraction of sp³-hybridized carbons (Fsp3) is 0.417. The van der Waals surface area contributed by atoms with Crippen molar-refractivity contribution in [2.45, 2.75) is 13.5 Å². The number of nitrogens with zero attached hydrogens (tertiary/aromatic N) is 2. The number of oxime groups is 1. The summed E-state index contributed by atoms with van der Waals surface area (Å²) in [5, 5.41) is 11.6. The number of benzene rings is 1. The van der Waals surface area contributed by atoms with Gasteiger partial charge in [0.2, 0.25) is 0 Å². The van der Waals surface area contributed by atoms with E-state index in [0.29, 0.717) is 13.1 Å². The summed E-state index contributed by atoms with van der Waals surface area (Å²) in [7, 11) is 1.90. The standard InChI is InChI=1S/C12H17BrFN3O/c1-8(12(15)16-18)6-17(2)7-9-5-10(14)3-4-11(9)13/h3-5,8,18H,6-7H2,1-2H3,(H2,15,16). The molecule has 18 heavy (non-hydrogen) atoms. The second-order valence-corrected chi connectivity index (χ2v) is 5.21. The highest BCUT2D eigenvalue weighted by Crippen LogP contribution is 2.19. The first-order valence-electron chi connectivity index (χ1n) is 5.54. The van der Waals surface area contributed by atoms with E-state index in [1.807, 2.05) is 18.9 Å². The van der Waals surface area contributed by atoms with Crippen LogP contribution < -0.4 is 5.73 Å². The summed E-state index contributed by atoms with van der Waals surface area (Å²) >= 11 is 3.39. The first-order valence-corrected chi connectivity index (χ1v) is 6.33. The molecule has 0 aliphatic rings. The first kappa shape index (κ1) is 14.9. The summed E-state index contributed by atoms with van der Waals surface area (Å²) in [6.45, 7) is 3.08. The van der Waals surface area contributed by atoms with E-state index in [9.17, 15) is 4.39 Å². The normalized spacial score (nSPS) is 13.9. The van der Waals surface area contributed by atoms with Crippen LogP contribution in [-0.2, 0) is 6.54 Å². The molecule has 1 aromatic carbocycles. The van der Waals surface area contributed by atoms with Gasteiger partial charge in [-0.05, 0) is 30.8 Å². The second-order valence-electron chi connectivity index (χ2n) is 4.36. The summed E-state index contributed by atoms with van der Waals surface area (Å²) in [5.74, 6) is -0.126. The van der Waals surface area contributed by atoms with E-state index in [1.165, 1.54) is 12.1 Å². The van der Waals surface area contributed by atoms with Gasteiger partial charge in [0.1, 0.15) is 11.7 Å².